The van der Waals surface area contributed by atoms with E-state index < -0.39 is 0 Å². The lowest BCUT2D eigenvalue weighted by Gasteiger charge is -2.42. The van der Waals surface area contributed by atoms with Crippen molar-refractivity contribution < 1.29 is 0 Å². The third kappa shape index (κ3) is 6.99. The second-order valence-electron chi connectivity index (χ2n) is 10.8. The Balaban J connectivity index is 1.25. The van der Waals surface area contributed by atoms with Crippen molar-refractivity contribution in [3.8, 4) is 11.8 Å². The van der Waals surface area contributed by atoms with Gasteiger partial charge < -0.3 is 0 Å². The summed E-state index contributed by atoms with van der Waals surface area (Å²) in [6.07, 6.45) is 18.5. The maximum absolute atomic E-state index is 3.36. The van der Waals surface area contributed by atoms with Gasteiger partial charge in [-0.1, -0.05) is 94.9 Å². The third-order valence-corrected chi connectivity index (χ3v) is 8.53. The number of rotatable bonds is 8. The first-order valence-corrected chi connectivity index (χ1v) is 14.0. The molecular formula is C33H44. The Morgan fingerprint density at radius 1 is 0.667 bits per heavy atom. The highest BCUT2D eigenvalue weighted by Crippen LogP contribution is 2.48. The molecule has 2 aliphatic rings. The van der Waals surface area contributed by atoms with Gasteiger partial charge in [0.25, 0.3) is 0 Å². The minimum absolute atomic E-state index is 0.764. The van der Waals surface area contributed by atoms with Crippen molar-refractivity contribution >= 4 is 0 Å². The summed E-state index contributed by atoms with van der Waals surface area (Å²) in [6, 6.07) is 17.8. The van der Waals surface area contributed by atoms with Crippen molar-refractivity contribution in [2.24, 2.45) is 17.8 Å². The number of hydrogen-bond acceptors (Lipinski definition) is 0. The van der Waals surface area contributed by atoms with E-state index in [1.165, 1.54) is 82.6 Å². The van der Waals surface area contributed by atoms with Crippen LogP contribution >= 0.6 is 0 Å². The number of aryl methyl sites for hydroxylation is 1. The quantitative estimate of drug-likeness (QED) is 0.283. The normalized spacial score (nSPS) is 24.5. The summed E-state index contributed by atoms with van der Waals surface area (Å²) < 4.78 is 0. The SMILES string of the molecule is CCCCCCCC1CC[C@@H]2C[C@H](c3ccc(C#Cc4ccc(CC)cc4)cc3)CC[C@@H]2C1. The number of fused-ring (bicyclic) bond motifs is 1. The molecule has 1 unspecified atom stereocenters. The lowest BCUT2D eigenvalue weighted by atomic mass is 9.63. The number of benzene rings is 2. The Morgan fingerprint density at radius 2 is 1.30 bits per heavy atom. The van der Waals surface area contributed by atoms with Gasteiger partial charge in [-0.3, -0.25) is 0 Å². The van der Waals surface area contributed by atoms with Gasteiger partial charge in [0.05, 0.1) is 0 Å². The minimum atomic E-state index is 0.764. The maximum atomic E-state index is 3.36. The van der Waals surface area contributed by atoms with E-state index in [-0.39, 0.29) is 0 Å². The van der Waals surface area contributed by atoms with E-state index in [9.17, 15) is 0 Å². The summed E-state index contributed by atoms with van der Waals surface area (Å²) in [5.41, 5.74) is 5.15. The summed E-state index contributed by atoms with van der Waals surface area (Å²) >= 11 is 0. The standard InChI is InChI=1S/C33H44/c1-3-5-6-7-8-9-29-18-21-33-25-32(23-22-31(33)24-29)30-19-16-28(17-20-30)15-14-27-12-10-26(4-2)11-13-27/h10-13,16-17,19-20,29,31-33H,3-9,18,21-25H2,1-2H3/t29?,31-,32-,33-/m1/s1. The Hall–Kier alpha value is -2.00. The summed E-state index contributed by atoms with van der Waals surface area (Å²) in [5.74, 6) is 10.5. The molecule has 2 aliphatic carbocycles. The van der Waals surface area contributed by atoms with Crippen molar-refractivity contribution in [1.82, 2.24) is 0 Å². The van der Waals surface area contributed by atoms with E-state index >= 15 is 0 Å². The van der Waals surface area contributed by atoms with Crippen LogP contribution in [0, 0.1) is 29.6 Å². The summed E-state index contributed by atoms with van der Waals surface area (Å²) in [5, 5.41) is 0. The van der Waals surface area contributed by atoms with E-state index in [2.05, 4.69) is 74.2 Å². The average Bonchev–Trinajstić information content (AvgIpc) is 2.87. The van der Waals surface area contributed by atoms with E-state index in [0.717, 1.165) is 41.2 Å². The molecule has 0 aliphatic heterocycles. The Labute approximate surface area is 203 Å². The van der Waals surface area contributed by atoms with Gasteiger partial charge >= 0.3 is 0 Å². The second kappa shape index (κ2) is 12.5. The van der Waals surface area contributed by atoms with Gasteiger partial charge in [0, 0.05) is 11.1 Å². The predicted molar refractivity (Wildman–Crippen MR) is 143 cm³/mol. The molecule has 33 heavy (non-hydrogen) atoms. The van der Waals surface area contributed by atoms with Crippen LogP contribution in [0.2, 0.25) is 0 Å². The van der Waals surface area contributed by atoms with Gasteiger partial charge in [-0.15, -0.1) is 0 Å². The molecule has 2 fully saturated rings. The largest absolute Gasteiger partial charge is 0.0654 e. The van der Waals surface area contributed by atoms with E-state index in [1.807, 2.05) is 0 Å². The van der Waals surface area contributed by atoms with Crippen LogP contribution in [-0.2, 0) is 6.42 Å². The lowest BCUT2D eigenvalue weighted by molar-refractivity contribution is 0.113. The van der Waals surface area contributed by atoms with Gasteiger partial charge in [0.15, 0.2) is 0 Å². The molecule has 176 valence electrons. The van der Waals surface area contributed by atoms with Crippen LogP contribution in [0.25, 0.3) is 0 Å². The van der Waals surface area contributed by atoms with Crippen molar-refractivity contribution in [3.63, 3.8) is 0 Å². The Morgan fingerprint density at radius 3 is 2.00 bits per heavy atom. The maximum Gasteiger partial charge on any atom is 0.0249 e. The molecule has 2 aromatic rings. The van der Waals surface area contributed by atoms with Gasteiger partial charge in [-0.05, 0) is 97.6 Å². The topological polar surface area (TPSA) is 0 Å². The fourth-order valence-corrected chi connectivity index (χ4v) is 6.39. The minimum Gasteiger partial charge on any atom is -0.0654 e. The Bertz CT molecular complexity index is 892. The van der Waals surface area contributed by atoms with Crippen LogP contribution in [0.1, 0.15) is 119 Å². The predicted octanol–water partition coefficient (Wildman–Crippen LogP) is 9.31. The van der Waals surface area contributed by atoms with Gasteiger partial charge in [-0.25, -0.2) is 0 Å². The molecule has 4 rings (SSSR count). The van der Waals surface area contributed by atoms with Crippen molar-refractivity contribution in [2.45, 2.75) is 103 Å². The zero-order valence-corrected chi connectivity index (χ0v) is 21.1. The van der Waals surface area contributed by atoms with E-state index in [4.69, 9.17) is 0 Å². The van der Waals surface area contributed by atoms with Crippen LogP contribution < -0.4 is 0 Å². The zero-order chi connectivity index (χ0) is 22.9. The molecule has 0 aromatic heterocycles. The molecule has 0 spiro atoms. The van der Waals surface area contributed by atoms with E-state index in [0.29, 0.717) is 0 Å². The molecule has 0 nitrogen and oxygen atoms in total. The molecule has 4 atom stereocenters. The lowest BCUT2D eigenvalue weighted by Crippen LogP contribution is -2.30. The van der Waals surface area contributed by atoms with Crippen molar-refractivity contribution in [2.75, 3.05) is 0 Å². The zero-order valence-electron chi connectivity index (χ0n) is 21.1. The molecule has 0 N–H and O–H groups in total. The third-order valence-electron chi connectivity index (χ3n) is 8.53. The van der Waals surface area contributed by atoms with Crippen LogP contribution in [0.5, 0.6) is 0 Å². The molecule has 2 aromatic carbocycles. The molecule has 0 radical (unpaired) electrons. The van der Waals surface area contributed by atoms with Crippen LogP contribution in [0.15, 0.2) is 48.5 Å². The number of hydrogen-bond donors (Lipinski definition) is 0. The summed E-state index contributed by atoms with van der Waals surface area (Å²) in [6.45, 7) is 4.50. The highest BCUT2D eigenvalue weighted by molar-refractivity contribution is 5.44. The number of unbranched alkanes of at least 4 members (excludes halogenated alkanes) is 4. The highest BCUT2D eigenvalue weighted by Gasteiger charge is 2.35. The molecular weight excluding hydrogens is 396 g/mol. The first kappa shape index (κ1) is 24.1. The molecule has 0 amide bonds. The summed E-state index contributed by atoms with van der Waals surface area (Å²) in [4.78, 5) is 0. The molecule has 0 saturated heterocycles. The summed E-state index contributed by atoms with van der Waals surface area (Å²) in [7, 11) is 0. The Kier molecular flexibility index (Phi) is 9.11. The smallest absolute Gasteiger partial charge is 0.0249 e. The van der Waals surface area contributed by atoms with Gasteiger partial charge in [-0.2, -0.15) is 0 Å². The van der Waals surface area contributed by atoms with Crippen LogP contribution in [0.4, 0.5) is 0 Å². The van der Waals surface area contributed by atoms with Crippen LogP contribution in [-0.4, -0.2) is 0 Å². The molecule has 0 heterocycles. The molecule has 0 bridgehead atoms. The van der Waals surface area contributed by atoms with Crippen molar-refractivity contribution in [1.29, 1.82) is 0 Å². The fourth-order valence-electron chi connectivity index (χ4n) is 6.39. The van der Waals surface area contributed by atoms with Crippen molar-refractivity contribution in [3.05, 3.63) is 70.8 Å². The fraction of sp³-hybridized carbons (Fsp3) is 0.576. The van der Waals surface area contributed by atoms with Gasteiger partial charge in [0.1, 0.15) is 0 Å². The van der Waals surface area contributed by atoms with Crippen LogP contribution in [0.3, 0.4) is 0 Å². The average molecular weight is 441 g/mol. The first-order valence-electron chi connectivity index (χ1n) is 14.0. The monoisotopic (exact) mass is 440 g/mol. The second-order valence-corrected chi connectivity index (χ2v) is 10.8. The molecule has 2 saturated carbocycles. The molecule has 0 heteroatoms. The first-order chi connectivity index (χ1) is 16.2. The van der Waals surface area contributed by atoms with E-state index in [1.54, 1.807) is 5.56 Å². The van der Waals surface area contributed by atoms with Gasteiger partial charge in [0.2, 0.25) is 0 Å². The highest BCUT2D eigenvalue weighted by atomic mass is 14.4.